The molecule has 0 aromatic carbocycles. The zero-order valence-electron chi connectivity index (χ0n) is 10.8. The van der Waals surface area contributed by atoms with E-state index in [1.54, 1.807) is 13.1 Å². The van der Waals surface area contributed by atoms with E-state index in [1.165, 1.54) is 0 Å². The molecule has 0 aliphatic rings. The summed E-state index contributed by atoms with van der Waals surface area (Å²) in [6.45, 7) is 4.19. The van der Waals surface area contributed by atoms with Crippen molar-refractivity contribution in [3.8, 4) is 0 Å². The Balaban J connectivity index is 2.72. The predicted molar refractivity (Wildman–Crippen MR) is 76.5 cm³/mol. The van der Waals surface area contributed by atoms with Crippen LogP contribution in [-0.4, -0.2) is 29.5 Å². The van der Waals surface area contributed by atoms with Crippen molar-refractivity contribution in [2.45, 2.75) is 13.8 Å². The maximum atomic E-state index is 11.6. The van der Waals surface area contributed by atoms with Gasteiger partial charge in [-0.25, -0.2) is 4.98 Å². The lowest BCUT2D eigenvalue weighted by molar-refractivity contribution is -0.128. The topological polar surface area (TPSA) is 80.0 Å². The summed E-state index contributed by atoms with van der Waals surface area (Å²) in [7, 11) is 1.62. The Labute approximate surface area is 112 Å². The molecule has 98 valence electrons. The fourth-order valence-corrected chi connectivity index (χ4v) is 1.51. The predicted octanol–water partition coefficient (Wildman–Crippen LogP) is 0.900. The number of hydrogen-bond acceptors (Lipinski definition) is 4. The number of amides is 1. The summed E-state index contributed by atoms with van der Waals surface area (Å²) in [5.41, 5.74) is 5.56. The lowest BCUT2D eigenvalue weighted by atomic mass is 9.92. The van der Waals surface area contributed by atoms with E-state index in [-0.39, 0.29) is 10.9 Å². The van der Waals surface area contributed by atoms with Crippen LogP contribution in [-0.2, 0) is 4.79 Å². The number of thiocarbonyl (C=S) groups is 1. The molecule has 0 spiro atoms. The number of nitrogens with one attached hydrogen (secondary N) is 2. The molecule has 0 radical (unpaired) electrons. The first kappa shape index (κ1) is 14.4. The molecule has 1 aromatic rings. The van der Waals surface area contributed by atoms with Gasteiger partial charge in [0.25, 0.3) is 0 Å². The van der Waals surface area contributed by atoms with Gasteiger partial charge in [0.15, 0.2) is 0 Å². The van der Waals surface area contributed by atoms with Crippen LogP contribution in [0.1, 0.15) is 19.5 Å². The highest BCUT2D eigenvalue weighted by Crippen LogP contribution is 2.16. The molecule has 1 rings (SSSR count). The lowest BCUT2D eigenvalue weighted by Crippen LogP contribution is -2.39. The van der Waals surface area contributed by atoms with Crippen molar-refractivity contribution in [2.24, 2.45) is 11.1 Å². The molecule has 0 bridgehead atoms. The van der Waals surface area contributed by atoms with Gasteiger partial charge in [-0.3, -0.25) is 4.79 Å². The van der Waals surface area contributed by atoms with Gasteiger partial charge in [-0.15, -0.1) is 0 Å². The fraction of sp³-hybridized carbons (Fsp3) is 0.417. The molecule has 0 aliphatic carbocycles. The minimum Gasteiger partial charge on any atom is -0.388 e. The van der Waals surface area contributed by atoms with Crippen LogP contribution in [0.5, 0.6) is 0 Å². The van der Waals surface area contributed by atoms with Gasteiger partial charge >= 0.3 is 0 Å². The number of rotatable bonds is 5. The van der Waals surface area contributed by atoms with Gasteiger partial charge in [-0.2, -0.15) is 0 Å². The summed E-state index contributed by atoms with van der Waals surface area (Å²) in [5, 5.41) is 5.74. The smallest absolute Gasteiger partial charge is 0.227 e. The normalized spacial score (nSPS) is 10.8. The summed E-state index contributed by atoms with van der Waals surface area (Å²) >= 11 is 4.86. The average molecular weight is 266 g/mol. The van der Waals surface area contributed by atoms with Crippen LogP contribution < -0.4 is 16.4 Å². The second-order valence-corrected chi connectivity index (χ2v) is 5.03. The van der Waals surface area contributed by atoms with E-state index in [2.05, 4.69) is 15.6 Å². The highest BCUT2D eigenvalue weighted by molar-refractivity contribution is 7.80. The summed E-state index contributed by atoms with van der Waals surface area (Å²) in [5.74, 6) is 0.623. The Morgan fingerprint density at radius 3 is 2.72 bits per heavy atom. The van der Waals surface area contributed by atoms with Crippen LogP contribution in [0.3, 0.4) is 0 Å². The van der Waals surface area contributed by atoms with Gasteiger partial charge < -0.3 is 16.4 Å². The maximum absolute atomic E-state index is 11.6. The summed E-state index contributed by atoms with van der Waals surface area (Å²) < 4.78 is 0. The largest absolute Gasteiger partial charge is 0.388 e. The molecule has 6 heteroatoms. The Morgan fingerprint density at radius 2 is 2.17 bits per heavy atom. The third-order valence-corrected chi connectivity index (χ3v) is 2.76. The van der Waals surface area contributed by atoms with Crippen molar-refractivity contribution in [1.82, 2.24) is 10.3 Å². The zero-order chi connectivity index (χ0) is 13.8. The van der Waals surface area contributed by atoms with E-state index >= 15 is 0 Å². The van der Waals surface area contributed by atoms with Crippen molar-refractivity contribution in [3.05, 3.63) is 23.9 Å². The van der Waals surface area contributed by atoms with Gasteiger partial charge in [0.1, 0.15) is 10.8 Å². The van der Waals surface area contributed by atoms with Crippen LogP contribution in [0.4, 0.5) is 5.82 Å². The minimum absolute atomic E-state index is 0.0273. The van der Waals surface area contributed by atoms with Crippen molar-refractivity contribution < 1.29 is 4.79 Å². The molecule has 0 fully saturated rings. The quantitative estimate of drug-likeness (QED) is 0.690. The Morgan fingerprint density at radius 1 is 1.50 bits per heavy atom. The van der Waals surface area contributed by atoms with Crippen molar-refractivity contribution in [1.29, 1.82) is 0 Å². The number of pyridine rings is 1. The second kappa shape index (κ2) is 5.77. The number of anilines is 1. The number of nitrogens with zero attached hydrogens (tertiary/aromatic N) is 1. The van der Waals surface area contributed by atoms with Gasteiger partial charge in [0.2, 0.25) is 5.91 Å². The van der Waals surface area contributed by atoms with Crippen molar-refractivity contribution in [2.75, 3.05) is 18.9 Å². The first-order chi connectivity index (χ1) is 8.36. The average Bonchev–Trinajstić information content (AvgIpc) is 2.35. The molecular formula is C12H18N4OS. The molecule has 1 aromatic heterocycles. The summed E-state index contributed by atoms with van der Waals surface area (Å²) in [4.78, 5) is 16.1. The molecule has 0 unspecified atom stereocenters. The number of carbonyl (C=O) groups is 1. The first-order valence-corrected chi connectivity index (χ1v) is 6.00. The van der Waals surface area contributed by atoms with Crippen LogP contribution in [0.15, 0.2) is 18.2 Å². The van der Waals surface area contributed by atoms with Crippen LogP contribution in [0.2, 0.25) is 0 Å². The standard InChI is InChI=1S/C12H18N4OS/c1-12(2,11(17)14-3)7-15-9-6-4-5-8(16-9)10(13)18/h4-6H,7H2,1-3H3,(H2,13,18)(H,14,17)(H,15,16). The number of hydrogen-bond donors (Lipinski definition) is 3. The number of carbonyl (C=O) groups excluding carboxylic acids is 1. The number of aromatic nitrogens is 1. The molecule has 0 saturated heterocycles. The molecule has 5 nitrogen and oxygen atoms in total. The SMILES string of the molecule is CNC(=O)C(C)(C)CNc1cccc(C(N)=S)n1. The van der Waals surface area contributed by atoms with E-state index < -0.39 is 5.41 Å². The zero-order valence-corrected chi connectivity index (χ0v) is 11.6. The van der Waals surface area contributed by atoms with Crippen molar-refractivity contribution in [3.63, 3.8) is 0 Å². The Kier molecular flexibility index (Phi) is 4.61. The van der Waals surface area contributed by atoms with Gasteiger partial charge in [0.05, 0.1) is 11.1 Å². The van der Waals surface area contributed by atoms with Gasteiger partial charge in [-0.05, 0) is 26.0 Å². The maximum Gasteiger partial charge on any atom is 0.227 e. The van der Waals surface area contributed by atoms with E-state index in [0.29, 0.717) is 18.1 Å². The molecule has 0 aliphatic heterocycles. The summed E-state index contributed by atoms with van der Waals surface area (Å²) in [6, 6.07) is 5.37. The molecule has 0 saturated carbocycles. The summed E-state index contributed by atoms with van der Waals surface area (Å²) in [6.07, 6.45) is 0. The van der Waals surface area contributed by atoms with E-state index in [4.69, 9.17) is 18.0 Å². The van der Waals surface area contributed by atoms with E-state index in [1.807, 2.05) is 26.0 Å². The molecular weight excluding hydrogens is 248 g/mol. The van der Waals surface area contributed by atoms with Gasteiger partial charge in [-0.1, -0.05) is 18.3 Å². The fourth-order valence-electron chi connectivity index (χ4n) is 1.40. The van der Waals surface area contributed by atoms with Crippen molar-refractivity contribution >= 4 is 28.9 Å². The van der Waals surface area contributed by atoms with Crippen LogP contribution in [0.25, 0.3) is 0 Å². The highest BCUT2D eigenvalue weighted by Gasteiger charge is 2.26. The van der Waals surface area contributed by atoms with E-state index in [0.717, 1.165) is 0 Å². The third kappa shape index (κ3) is 3.66. The Hall–Kier alpha value is -1.69. The second-order valence-electron chi connectivity index (χ2n) is 4.59. The first-order valence-electron chi connectivity index (χ1n) is 5.60. The highest BCUT2D eigenvalue weighted by atomic mass is 32.1. The van der Waals surface area contributed by atoms with E-state index in [9.17, 15) is 4.79 Å². The van der Waals surface area contributed by atoms with Gasteiger partial charge in [0, 0.05) is 13.6 Å². The number of nitrogens with two attached hydrogens (primary N) is 1. The molecule has 0 atom stereocenters. The molecule has 1 amide bonds. The monoisotopic (exact) mass is 266 g/mol. The van der Waals surface area contributed by atoms with Crippen LogP contribution >= 0.6 is 12.2 Å². The van der Waals surface area contributed by atoms with Crippen LogP contribution in [0, 0.1) is 5.41 Å². The third-order valence-electron chi connectivity index (χ3n) is 2.55. The Bertz CT molecular complexity index is 459. The molecule has 1 heterocycles. The molecule has 18 heavy (non-hydrogen) atoms. The lowest BCUT2D eigenvalue weighted by Gasteiger charge is -2.23. The molecule has 4 N–H and O–H groups in total. The minimum atomic E-state index is -0.518.